The minimum absolute atomic E-state index is 0.0435. The van der Waals surface area contributed by atoms with Crippen molar-refractivity contribution in [3.05, 3.63) is 99.3 Å². The van der Waals surface area contributed by atoms with Crippen molar-refractivity contribution < 1.29 is 42.9 Å². The Kier molecular flexibility index (Phi) is 11.5. The Morgan fingerprint density at radius 2 is 1.74 bits per heavy atom. The first-order valence-corrected chi connectivity index (χ1v) is 16.6. The molecule has 2 aliphatic rings. The van der Waals surface area contributed by atoms with Gasteiger partial charge < -0.3 is 29.7 Å². The highest BCUT2D eigenvalue weighted by atomic mass is 35.5. The van der Waals surface area contributed by atoms with Gasteiger partial charge in [0.25, 0.3) is 5.91 Å². The minimum Gasteiger partial charge on any atom is -0.493 e. The molecule has 0 bridgehead atoms. The number of hydrogen-bond donors (Lipinski definition) is 2. The van der Waals surface area contributed by atoms with Crippen LogP contribution >= 0.6 is 11.6 Å². The Balaban J connectivity index is 1.39. The van der Waals surface area contributed by atoms with Gasteiger partial charge in [0, 0.05) is 48.1 Å². The molecule has 3 aromatic carbocycles. The van der Waals surface area contributed by atoms with E-state index in [1.165, 1.54) is 61.4 Å². The van der Waals surface area contributed by atoms with E-state index in [-0.39, 0.29) is 34.4 Å². The standard InChI is InChI=1S/C37H37ClFN3O8/c1-22(43)26-10-12-30(38)33(39)28(26)11-13-32(44)42-20-16-27-29(34(42)35(45)40-25-8-6-24(7-9-25)36(46)47)4-3-5-31(27)50-21-17-23-14-18-41(19-15-23)37(48)49-2/h3-13,23,34H,14-21H2,1-2H3,(H,40,45)(H,46,47)/b13-11+. The molecule has 2 heterocycles. The fraction of sp³-hybridized carbons (Fsp3) is 0.324. The molecule has 3 amide bonds. The van der Waals surface area contributed by atoms with Crippen LogP contribution in [0.2, 0.25) is 5.02 Å². The number of carboxylic acids is 1. The number of likely N-dealkylation sites (tertiary alicyclic amines) is 1. The van der Waals surface area contributed by atoms with Crippen molar-refractivity contribution in [2.24, 2.45) is 5.92 Å². The van der Waals surface area contributed by atoms with Crippen molar-refractivity contribution in [2.45, 2.75) is 38.6 Å². The molecule has 2 aliphatic heterocycles. The molecule has 0 aliphatic carbocycles. The molecular weight excluding hydrogens is 669 g/mol. The first-order chi connectivity index (χ1) is 24.0. The highest BCUT2D eigenvalue weighted by molar-refractivity contribution is 6.31. The molecule has 0 radical (unpaired) electrons. The number of nitrogens with zero attached hydrogens (tertiary/aromatic N) is 2. The van der Waals surface area contributed by atoms with Crippen LogP contribution < -0.4 is 10.1 Å². The monoisotopic (exact) mass is 705 g/mol. The van der Waals surface area contributed by atoms with Crippen LogP contribution in [0.4, 0.5) is 14.9 Å². The molecule has 13 heteroatoms. The lowest BCUT2D eigenvalue weighted by atomic mass is 9.90. The molecule has 0 aromatic heterocycles. The number of piperidine rings is 1. The Bertz CT molecular complexity index is 1820. The summed E-state index contributed by atoms with van der Waals surface area (Å²) in [5.41, 5.74) is 1.59. The highest BCUT2D eigenvalue weighted by Gasteiger charge is 2.37. The lowest BCUT2D eigenvalue weighted by molar-refractivity contribution is -0.135. The minimum atomic E-state index is -1.13. The normalized spacial score (nSPS) is 16.1. The summed E-state index contributed by atoms with van der Waals surface area (Å²) < 4.78 is 26.0. The number of ether oxygens (including phenoxy) is 2. The molecule has 1 fully saturated rings. The summed E-state index contributed by atoms with van der Waals surface area (Å²) in [6, 6.07) is 12.5. The molecule has 50 heavy (non-hydrogen) atoms. The van der Waals surface area contributed by atoms with Crippen molar-refractivity contribution in [1.82, 2.24) is 9.80 Å². The largest absolute Gasteiger partial charge is 0.493 e. The Morgan fingerprint density at radius 3 is 2.40 bits per heavy atom. The maximum absolute atomic E-state index is 15.0. The smallest absolute Gasteiger partial charge is 0.409 e. The van der Waals surface area contributed by atoms with E-state index in [1.54, 1.807) is 17.0 Å². The second kappa shape index (κ2) is 16.0. The Hall–Kier alpha value is -5.23. The second-order valence-electron chi connectivity index (χ2n) is 12.1. The van der Waals surface area contributed by atoms with Gasteiger partial charge in [0.05, 0.1) is 24.3 Å². The summed E-state index contributed by atoms with van der Waals surface area (Å²) in [7, 11) is 1.37. The maximum atomic E-state index is 15.0. The Morgan fingerprint density at radius 1 is 1.02 bits per heavy atom. The van der Waals surface area contributed by atoms with Crippen LogP contribution in [-0.2, 0) is 20.7 Å². The van der Waals surface area contributed by atoms with Crippen molar-refractivity contribution >= 4 is 53.0 Å². The van der Waals surface area contributed by atoms with E-state index in [9.17, 15) is 33.5 Å². The molecule has 0 spiro atoms. The zero-order valence-electron chi connectivity index (χ0n) is 27.6. The lowest BCUT2D eigenvalue weighted by Crippen LogP contribution is -2.44. The van der Waals surface area contributed by atoms with Crippen LogP contribution in [0.3, 0.4) is 0 Å². The second-order valence-corrected chi connectivity index (χ2v) is 12.5. The molecular formula is C37H37ClFN3O8. The van der Waals surface area contributed by atoms with Gasteiger partial charge in [-0.25, -0.2) is 14.0 Å². The number of aromatic carboxylic acids is 1. The summed E-state index contributed by atoms with van der Waals surface area (Å²) in [4.78, 5) is 66.1. The first kappa shape index (κ1) is 36.1. The van der Waals surface area contributed by atoms with E-state index in [1.807, 2.05) is 6.07 Å². The van der Waals surface area contributed by atoms with E-state index in [2.05, 4.69) is 5.32 Å². The number of anilines is 1. The van der Waals surface area contributed by atoms with Crippen molar-refractivity contribution in [3.8, 4) is 5.75 Å². The molecule has 1 saturated heterocycles. The van der Waals surface area contributed by atoms with Crippen molar-refractivity contribution in [1.29, 1.82) is 0 Å². The van der Waals surface area contributed by atoms with E-state index in [4.69, 9.17) is 21.1 Å². The van der Waals surface area contributed by atoms with E-state index in [0.717, 1.165) is 30.9 Å². The van der Waals surface area contributed by atoms with Gasteiger partial charge in [-0.1, -0.05) is 23.7 Å². The van der Waals surface area contributed by atoms with Gasteiger partial charge in [-0.3, -0.25) is 14.4 Å². The predicted molar refractivity (Wildman–Crippen MR) is 184 cm³/mol. The number of ketones is 1. The number of fused-ring (bicyclic) bond motifs is 1. The van der Waals surface area contributed by atoms with Crippen molar-refractivity contribution in [3.63, 3.8) is 0 Å². The molecule has 1 atom stereocenters. The summed E-state index contributed by atoms with van der Waals surface area (Å²) in [5, 5.41) is 11.8. The molecule has 2 N–H and O–H groups in total. The first-order valence-electron chi connectivity index (χ1n) is 16.2. The topological polar surface area (TPSA) is 143 Å². The predicted octanol–water partition coefficient (Wildman–Crippen LogP) is 6.41. The van der Waals surface area contributed by atoms with Crippen LogP contribution in [0.25, 0.3) is 6.08 Å². The maximum Gasteiger partial charge on any atom is 0.409 e. The quantitative estimate of drug-likeness (QED) is 0.182. The number of rotatable bonds is 10. The number of nitrogens with one attached hydrogen (secondary N) is 1. The average molecular weight is 706 g/mol. The number of benzene rings is 3. The molecule has 1 unspecified atom stereocenters. The summed E-state index contributed by atoms with van der Waals surface area (Å²) in [5.74, 6) is -2.57. The van der Waals surface area contributed by atoms with Gasteiger partial charge in [-0.2, -0.15) is 0 Å². The van der Waals surface area contributed by atoms with Crippen LogP contribution in [0, 0.1) is 11.7 Å². The molecule has 0 saturated carbocycles. The van der Waals surface area contributed by atoms with Crippen LogP contribution in [0.5, 0.6) is 5.75 Å². The molecule has 11 nitrogen and oxygen atoms in total. The average Bonchev–Trinajstić information content (AvgIpc) is 3.11. The van der Waals surface area contributed by atoms with E-state index in [0.29, 0.717) is 49.0 Å². The number of carboxylic acid groups (broad SMARTS) is 1. The zero-order chi connectivity index (χ0) is 35.9. The summed E-state index contributed by atoms with van der Waals surface area (Å²) in [6.07, 6.45) is 4.77. The van der Waals surface area contributed by atoms with Gasteiger partial charge in [0.1, 0.15) is 17.6 Å². The fourth-order valence-electron chi connectivity index (χ4n) is 6.35. The highest BCUT2D eigenvalue weighted by Crippen LogP contribution is 2.37. The van der Waals surface area contributed by atoms with Gasteiger partial charge in [-0.05, 0) is 92.6 Å². The van der Waals surface area contributed by atoms with Crippen LogP contribution in [0.1, 0.15) is 69.6 Å². The van der Waals surface area contributed by atoms with Crippen LogP contribution in [0.15, 0.2) is 60.7 Å². The molecule has 3 aromatic rings. The van der Waals surface area contributed by atoms with Gasteiger partial charge in [-0.15, -0.1) is 0 Å². The number of carbonyl (C=O) groups excluding carboxylic acids is 4. The number of Topliss-reactive ketones (excluding diaryl/α,β-unsaturated/α-hetero) is 1. The van der Waals surface area contributed by atoms with Crippen molar-refractivity contribution in [2.75, 3.05) is 38.7 Å². The molecule has 262 valence electrons. The van der Waals surface area contributed by atoms with Gasteiger partial charge >= 0.3 is 12.1 Å². The number of methoxy groups -OCH3 is 1. The van der Waals surface area contributed by atoms with E-state index < -0.39 is 35.4 Å². The number of halogens is 2. The fourth-order valence-corrected chi connectivity index (χ4v) is 6.52. The Labute approximate surface area is 293 Å². The van der Waals surface area contributed by atoms with Gasteiger partial charge in [0.15, 0.2) is 5.78 Å². The lowest BCUT2D eigenvalue weighted by Gasteiger charge is -2.36. The number of hydrogen-bond acceptors (Lipinski definition) is 7. The van der Waals surface area contributed by atoms with Crippen LogP contribution in [-0.4, -0.2) is 77.9 Å². The summed E-state index contributed by atoms with van der Waals surface area (Å²) >= 11 is 5.97. The zero-order valence-corrected chi connectivity index (χ0v) is 28.4. The third-order valence-corrected chi connectivity index (χ3v) is 9.34. The number of carbonyl (C=O) groups is 5. The van der Waals surface area contributed by atoms with Gasteiger partial charge in [0.2, 0.25) is 5.91 Å². The van der Waals surface area contributed by atoms with E-state index >= 15 is 0 Å². The number of amides is 3. The third kappa shape index (κ3) is 8.14. The summed E-state index contributed by atoms with van der Waals surface area (Å²) in [6.45, 7) is 3.05. The SMILES string of the molecule is COC(=O)N1CCC(CCOc2cccc3c2CCN(C(=O)/C=C/c2c(C(C)=O)ccc(Cl)c2F)C3C(=O)Nc2ccc(C(=O)O)cc2)CC1. The molecule has 5 rings (SSSR count). The third-order valence-electron chi connectivity index (χ3n) is 9.04.